The Morgan fingerprint density at radius 1 is 0.914 bits per heavy atom. The Bertz CT molecular complexity index is 1430. The van der Waals surface area contributed by atoms with Crippen molar-refractivity contribution < 1.29 is 22.2 Å². The minimum Gasteiger partial charge on any atom is -0.384 e. The Hall–Kier alpha value is -4.45. The highest BCUT2D eigenvalue weighted by Gasteiger charge is 2.22. The molecule has 0 unspecified atom stereocenters. The zero-order valence-electron chi connectivity index (χ0n) is 18.5. The lowest BCUT2D eigenvalue weighted by Gasteiger charge is -2.14. The van der Waals surface area contributed by atoms with Crippen molar-refractivity contribution >= 4 is 50.2 Å². The summed E-state index contributed by atoms with van der Waals surface area (Å²) >= 11 is 0. The van der Waals surface area contributed by atoms with Gasteiger partial charge in [-0.25, -0.2) is 4.79 Å². The molecule has 0 aliphatic carbocycles. The van der Waals surface area contributed by atoms with Crippen molar-refractivity contribution in [1.29, 1.82) is 10.8 Å². The Morgan fingerprint density at radius 3 is 2.17 bits per heavy atom. The molecule has 0 aliphatic rings. The smallest absolute Gasteiger partial charge is 0.353 e. The Labute approximate surface area is 201 Å². The van der Waals surface area contributed by atoms with Crippen LogP contribution >= 0.6 is 0 Å². The number of anilines is 1. The number of aryl methyl sites for hydroxylation is 1. The molecule has 9 N–H and O–H groups in total. The van der Waals surface area contributed by atoms with Gasteiger partial charge < -0.3 is 26.7 Å². The van der Waals surface area contributed by atoms with Gasteiger partial charge in [-0.3, -0.25) is 15.6 Å². The first-order chi connectivity index (χ1) is 16.4. The third kappa shape index (κ3) is 6.54. The van der Waals surface area contributed by atoms with Gasteiger partial charge in [0.05, 0.1) is 5.56 Å². The maximum atomic E-state index is 12.7. The summed E-state index contributed by atoms with van der Waals surface area (Å²) in [5.41, 5.74) is 17.9. The van der Waals surface area contributed by atoms with E-state index in [1.54, 1.807) is 30.3 Å². The zero-order valence-corrected chi connectivity index (χ0v) is 19.3. The van der Waals surface area contributed by atoms with Crippen LogP contribution in [0.25, 0.3) is 10.8 Å². The van der Waals surface area contributed by atoms with Crippen molar-refractivity contribution in [2.75, 3.05) is 5.32 Å². The first kappa shape index (κ1) is 25.2. The summed E-state index contributed by atoms with van der Waals surface area (Å²) in [6.45, 7) is 0. The molecule has 0 radical (unpaired) electrons. The number of benzene rings is 3. The number of amides is 1. The van der Waals surface area contributed by atoms with Crippen molar-refractivity contribution in [2.24, 2.45) is 17.2 Å². The van der Waals surface area contributed by atoms with E-state index in [0.29, 0.717) is 33.2 Å². The fourth-order valence-corrected chi connectivity index (χ4v) is 4.55. The molecule has 0 aromatic heterocycles. The number of fused-ring (bicyclic) bond motifs is 1. The average Bonchev–Trinajstić information content (AvgIpc) is 2.77. The number of nitrogens with one attached hydrogen (secondary N) is 3. The summed E-state index contributed by atoms with van der Waals surface area (Å²) in [4.78, 5) is 23.8. The number of carbonyl (C=O) groups is 2. The first-order valence-corrected chi connectivity index (χ1v) is 11.9. The summed E-state index contributed by atoms with van der Waals surface area (Å²) in [6.07, 6.45) is 0.163. The second kappa shape index (κ2) is 10.2. The average molecular weight is 497 g/mol. The van der Waals surface area contributed by atoms with Gasteiger partial charge >= 0.3 is 16.1 Å². The Balaban J connectivity index is 1.88. The molecule has 11 nitrogen and oxygen atoms in total. The zero-order chi connectivity index (χ0) is 25.8. The molecule has 3 rings (SSSR count). The van der Waals surface area contributed by atoms with Crippen LogP contribution in [-0.4, -0.2) is 32.1 Å². The van der Waals surface area contributed by atoms with Crippen LogP contribution in [0, 0.1) is 10.8 Å². The summed E-state index contributed by atoms with van der Waals surface area (Å²) < 4.78 is 30.3. The van der Waals surface area contributed by atoms with E-state index in [2.05, 4.69) is 5.32 Å². The maximum Gasteiger partial charge on any atom is 0.353 e. The van der Waals surface area contributed by atoms with Crippen LogP contribution < -0.4 is 22.5 Å². The fraction of sp³-hybridized carbons (Fsp3) is 0.130. The molecule has 0 aliphatic heterocycles. The predicted molar refractivity (Wildman–Crippen MR) is 132 cm³/mol. The van der Waals surface area contributed by atoms with Gasteiger partial charge in [0.15, 0.2) is 5.96 Å². The lowest BCUT2D eigenvalue weighted by atomic mass is 9.95. The van der Waals surface area contributed by atoms with Crippen molar-refractivity contribution in [3.63, 3.8) is 0 Å². The van der Waals surface area contributed by atoms with Gasteiger partial charge in [-0.1, -0.05) is 24.3 Å². The number of hydrogen-bond donors (Lipinski definition) is 6. The molecule has 0 fully saturated rings. The van der Waals surface area contributed by atoms with E-state index in [1.807, 2.05) is 0 Å². The van der Waals surface area contributed by atoms with Gasteiger partial charge in [-0.2, -0.15) is 8.42 Å². The molecule has 0 atom stereocenters. The van der Waals surface area contributed by atoms with Crippen molar-refractivity contribution in [3.05, 3.63) is 76.9 Å². The minimum absolute atomic E-state index is 0.00750. The number of hydrogen-bond acceptors (Lipinski definition) is 7. The van der Waals surface area contributed by atoms with Gasteiger partial charge in [-0.15, -0.1) is 0 Å². The predicted octanol–water partition coefficient (Wildman–Crippen LogP) is 1.53. The van der Waals surface area contributed by atoms with Crippen LogP contribution in [0.15, 0.2) is 54.6 Å². The van der Waals surface area contributed by atoms with Gasteiger partial charge in [0.25, 0.3) is 0 Å². The van der Waals surface area contributed by atoms with Gasteiger partial charge in [0, 0.05) is 17.7 Å². The topological polar surface area (TPSA) is 215 Å². The number of rotatable bonds is 9. The number of carbonyl (C=O) groups excluding carboxylic acids is 2. The largest absolute Gasteiger partial charge is 0.384 e. The molecule has 35 heavy (non-hydrogen) atoms. The SMILES string of the molecule is N=C(N)Nc1ccc(C(=O)OS(=O)(=O)Cc2ccc3cc(C(=N)N)ccc3c2CCC(N)=O)cc1. The van der Waals surface area contributed by atoms with E-state index in [4.69, 9.17) is 32.2 Å². The first-order valence-electron chi connectivity index (χ1n) is 10.3. The number of amidine groups is 1. The van der Waals surface area contributed by atoms with E-state index >= 15 is 0 Å². The molecule has 1 amide bonds. The molecule has 0 saturated heterocycles. The van der Waals surface area contributed by atoms with E-state index in [0.717, 1.165) is 0 Å². The lowest BCUT2D eigenvalue weighted by molar-refractivity contribution is -0.117. The van der Waals surface area contributed by atoms with Crippen LogP contribution in [0.4, 0.5) is 5.69 Å². The number of nitrogen functional groups attached to an aromatic ring is 1. The highest BCUT2D eigenvalue weighted by molar-refractivity contribution is 7.86. The van der Waals surface area contributed by atoms with E-state index in [9.17, 15) is 18.0 Å². The quantitative estimate of drug-likeness (QED) is 0.145. The Morgan fingerprint density at radius 2 is 1.57 bits per heavy atom. The van der Waals surface area contributed by atoms with Crippen LogP contribution in [-0.2, 0) is 31.3 Å². The molecular weight excluding hydrogens is 472 g/mol. The summed E-state index contributed by atoms with van der Waals surface area (Å²) in [5, 5.41) is 18.7. The van der Waals surface area contributed by atoms with Crippen LogP contribution in [0.2, 0.25) is 0 Å². The highest BCUT2D eigenvalue weighted by Crippen LogP contribution is 2.27. The molecule has 0 heterocycles. The second-order valence-corrected chi connectivity index (χ2v) is 9.28. The molecule has 12 heteroatoms. The fourth-order valence-electron chi connectivity index (χ4n) is 3.51. The molecule has 0 bridgehead atoms. The van der Waals surface area contributed by atoms with Crippen LogP contribution in [0.1, 0.15) is 33.5 Å². The van der Waals surface area contributed by atoms with Crippen molar-refractivity contribution in [2.45, 2.75) is 18.6 Å². The monoisotopic (exact) mass is 496 g/mol. The highest BCUT2D eigenvalue weighted by atomic mass is 32.2. The van der Waals surface area contributed by atoms with Gasteiger partial charge in [0.1, 0.15) is 11.6 Å². The van der Waals surface area contributed by atoms with E-state index in [-0.39, 0.29) is 30.2 Å². The molecular formula is C23H24N6O5S. The number of guanidine groups is 1. The molecule has 3 aromatic carbocycles. The molecule has 182 valence electrons. The van der Waals surface area contributed by atoms with Crippen molar-refractivity contribution in [1.82, 2.24) is 0 Å². The van der Waals surface area contributed by atoms with Gasteiger partial charge in [0.2, 0.25) is 5.91 Å². The minimum atomic E-state index is -4.35. The second-order valence-electron chi connectivity index (χ2n) is 7.71. The van der Waals surface area contributed by atoms with Crippen LogP contribution in [0.5, 0.6) is 0 Å². The summed E-state index contributed by atoms with van der Waals surface area (Å²) in [6, 6.07) is 13.8. The Kier molecular flexibility index (Phi) is 7.35. The third-order valence-corrected chi connectivity index (χ3v) is 6.17. The van der Waals surface area contributed by atoms with E-state index in [1.165, 1.54) is 24.3 Å². The lowest BCUT2D eigenvalue weighted by Crippen LogP contribution is -2.20. The van der Waals surface area contributed by atoms with Gasteiger partial charge in [-0.05, 0) is 58.7 Å². The van der Waals surface area contributed by atoms with E-state index < -0.39 is 27.7 Å². The normalized spacial score (nSPS) is 11.1. The van der Waals surface area contributed by atoms with Crippen molar-refractivity contribution in [3.8, 4) is 0 Å². The molecule has 3 aromatic rings. The summed E-state index contributed by atoms with van der Waals surface area (Å²) in [5.74, 6) is -2.63. The number of nitrogens with two attached hydrogens (primary N) is 3. The summed E-state index contributed by atoms with van der Waals surface area (Å²) in [7, 11) is -4.35. The molecule has 0 spiro atoms. The standard InChI is InChI=1S/C23H24N6O5S/c24-20(30)10-9-19-16(2-1-14-11-15(21(25)26)5-8-18(14)19)12-35(32,33)34-22(31)13-3-6-17(7-4-13)29-23(27)28/h1-8,11H,9-10,12H2,(H2,24,30)(H3,25,26)(H4,27,28,29). The maximum absolute atomic E-state index is 12.7. The third-order valence-electron chi connectivity index (χ3n) is 5.10. The van der Waals surface area contributed by atoms with Crippen LogP contribution in [0.3, 0.4) is 0 Å². The number of primary amides is 1. The molecule has 0 saturated carbocycles.